The molecule has 0 bridgehead atoms. The number of carbonyl (C=O) groups excluding carboxylic acids is 1. The van der Waals surface area contributed by atoms with E-state index in [9.17, 15) is 9.59 Å². The molecule has 0 unspecified atom stereocenters. The van der Waals surface area contributed by atoms with Crippen LogP contribution in [0.15, 0.2) is 46.7 Å². The summed E-state index contributed by atoms with van der Waals surface area (Å²) in [7, 11) is 0. The first-order valence-corrected chi connectivity index (χ1v) is 7.81. The molecule has 0 saturated heterocycles. The quantitative estimate of drug-likeness (QED) is 0.805. The number of rotatable bonds is 4. The molecule has 0 aliphatic carbocycles. The van der Waals surface area contributed by atoms with Gasteiger partial charge in [-0.05, 0) is 31.2 Å². The van der Waals surface area contributed by atoms with Crippen LogP contribution in [0.5, 0.6) is 0 Å². The van der Waals surface area contributed by atoms with Crippen LogP contribution in [-0.2, 0) is 11.3 Å². The molecule has 112 valence electrons. The number of amides is 1. The number of nitrogens with zero attached hydrogens (tertiary/aromatic N) is 2. The Morgan fingerprint density at radius 1 is 1.32 bits per heavy atom. The number of hydrogen-bond donors (Lipinski definition) is 1. The van der Waals surface area contributed by atoms with Gasteiger partial charge >= 0.3 is 0 Å². The SMILES string of the molecule is Cc1cccc(=O)n1CCC(=O)Nc1ccc2scnc2c1. The summed E-state index contributed by atoms with van der Waals surface area (Å²) >= 11 is 1.56. The average Bonchev–Trinajstić information content (AvgIpc) is 2.94. The van der Waals surface area contributed by atoms with Gasteiger partial charge in [0.1, 0.15) is 0 Å². The van der Waals surface area contributed by atoms with Crippen LogP contribution in [0.25, 0.3) is 10.2 Å². The molecule has 2 heterocycles. The molecule has 0 fully saturated rings. The molecular formula is C16H15N3O2S. The predicted molar refractivity (Wildman–Crippen MR) is 88.3 cm³/mol. The fourth-order valence-corrected chi connectivity index (χ4v) is 2.94. The number of thiazole rings is 1. The summed E-state index contributed by atoms with van der Waals surface area (Å²) in [5.74, 6) is -0.121. The molecule has 0 radical (unpaired) electrons. The molecule has 1 amide bonds. The Kier molecular flexibility index (Phi) is 4.02. The van der Waals surface area contributed by atoms with Crippen LogP contribution in [0, 0.1) is 6.92 Å². The molecular weight excluding hydrogens is 298 g/mol. The molecule has 0 aliphatic rings. The van der Waals surface area contributed by atoms with E-state index in [1.807, 2.05) is 31.2 Å². The zero-order valence-electron chi connectivity index (χ0n) is 12.1. The third-order valence-corrected chi connectivity index (χ3v) is 4.25. The Morgan fingerprint density at radius 3 is 3.00 bits per heavy atom. The summed E-state index contributed by atoms with van der Waals surface area (Å²) in [5, 5.41) is 2.84. The molecule has 0 atom stereocenters. The number of pyridine rings is 1. The van der Waals surface area contributed by atoms with E-state index in [1.54, 1.807) is 27.5 Å². The van der Waals surface area contributed by atoms with E-state index in [0.717, 1.165) is 21.6 Å². The summed E-state index contributed by atoms with van der Waals surface area (Å²) in [4.78, 5) is 28.0. The topological polar surface area (TPSA) is 64.0 Å². The van der Waals surface area contributed by atoms with Crippen LogP contribution in [-0.4, -0.2) is 15.5 Å². The lowest BCUT2D eigenvalue weighted by Gasteiger charge is -2.09. The predicted octanol–water partition coefficient (Wildman–Crippen LogP) is 2.80. The van der Waals surface area contributed by atoms with Gasteiger partial charge in [-0.1, -0.05) is 6.07 Å². The maximum atomic E-state index is 12.0. The third-order valence-electron chi connectivity index (χ3n) is 3.44. The van der Waals surface area contributed by atoms with E-state index in [4.69, 9.17) is 0 Å². The monoisotopic (exact) mass is 313 g/mol. The molecule has 5 nitrogen and oxygen atoms in total. The largest absolute Gasteiger partial charge is 0.326 e. The summed E-state index contributed by atoms with van der Waals surface area (Å²) in [5.41, 5.74) is 4.14. The second-order valence-electron chi connectivity index (χ2n) is 4.99. The summed E-state index contributed by atoms with van der Waals surface area (Å²) in [6, 6.07) is 10.7. The van der Waals surface area contributed by atoms with Gasteiger partial charge in [-0.3, -0.25) is 9.59 Å². The highest BCUT2D eigenvalue weighted by Gasteiger charge is 2.06. The minimum atomic E-state index is -0.121. The van der Waals surface area contributed by atoms with Gasteiger partial charge in [0.05, 0.1) is 15.7 Å². The molecule has 22 heavy (non-hydrogen) atoms. The number of nitrogens with one attached hydrogen (secondary N) is 1. The number of anilines is 1. The van der Waals surface area contributed by atoms with Crippen molar-refractivity contribution in [2.75, 3.05) is 5.32 Å². The molecule has 1 aromatic carbocycles. The van der Waals surface area contributed by atoms with Crippen LogP contribution in [0.3, 0.4) is 0 Å². The van der Waals surface area contributed by atoms with Crippen molar-refractivity contribution in [2.45, 2.75) is 19.9 Å². The molecule has 0 aliphatic heterocycles. The van der Waals surface area contributed by atoms with Gasteiger partial charge in [-0.2, -0.15) is 0 Å². The van der Waals surface area contributed by atoms with Gasteiger partial charge in [0, 0.05) is 30.4 Å². The van der Waals surface area contributed by atoms with E-state index >= 15 is 0 Å². The highest BCUT2D eigenvalue weighted by atomic mass is 32.1. The van der Waals surface area contributed by atoms with E-state index in [0.29, 0.717) is 6.54 Å². The summed E-state index contributed by atoms with van der Waals surface area (Å²) in [6.45, 7) is 2.23. The summed E-state index contributed by atoms with van der Waals surface area (Å²) in [6.07, 6.45) is 0.250. The molecule has 3 aromatic rings. The lowest BCUT2D eigenvalue weighted by atomic mass is 10.2. The third kappa shape index (κ3) is 3.07. The molecule has 0 saturated carbocycles. The molecule has 0 spiro atoms. The Hall–Kier alpha value is -2.47. The average molecular weight is 313 g/mol. The van der Waals surface area contributed by atoms with Crippen molar-refractivity contribution in [3.63, 3.8) is 0 Å². The van der Waals surface area contributed by atoms with Crippen molar-refractivity contribution >= 4 is 33.1 Å². The maximum Gasteiger partial charge on any atom is 0.250 e. The van der Waals surface area contributed by atoms with Crippen LogP contribution < -0.4 is 10.9 Å². The van der Waals surface area contributed by atoms with Crippen LogP contribution in [0.2, 0.25) is 0 Å². The number of benzene rings is 1. The lowest BCUT2D eigenvalue weighted by Crippen LogP contribution is -2.24. The number of hydrogen-bond acceptors (Lipinski definition) is 4. The van der Waals surface area contributed by atoms with E-state index < -0.39 is 0 Å². The second kappa shape index (κ2) is 6.11. The first kappa shape index (κ1) is 14.5. The van der Waals surface area contributed by atoms with Crippen molar-refractivity contribution < 1.29 is 4.79 Å². The Morgan fingerprint density at radius 2 is 2.18 bits per heavy atom. The van der Waals surface area contributed by atoms with Crippen molar-refractivity contribution in [1.29, 1.82) is 0 Å². The van der Waals surface area contributed by atoms with Crippen LogP contribution in [0.1, 0.15) is 12.1 Å². The molecule has 1 N–H and O–H groups in total. The highest BCUT2D eigenvalue weighted by Crippen LogP contribution is 2.21. The standard InChI is InChI=1S/C16H15N3O2S/c1-11-3-2-4-16(21)19(11)8-7-15(20)18-12-5-6-14-13(9-12)17-10-22-14/h2-6,9-10H,7-8H2,1H3,(H,18,20). The molecule has 2 aromatic heterocycles. The van der Waals surface area contributed by atoms with Gasteiger partial charge < -0.3 is 9.88 Å². The Bertz CT molecular complexity index is 882. The number of aromatic nitrogens is 2. The van der Waals surface area contributed by atoms with Crippen molar-refractivity contribution in [3.05, 3.63) is 58.0 Å². The zero-order valence-corrected chi connectivity index (χ0v) is 12.9. The minimum absolute atomic E-state index is 0.0864. The van der Waals surface area contributed by atoms with Crippen molar-refractivity contribution in [2.24, 2.45) is 0 Å². The Balaban J connectivity index is 1.66. The maximum absolute atomic E-state index is 12.0. The first-order valence-electron chi connectivity index (χ1n) is 6.93. The molecule has 6 heteroatoms. The van der Waals surface area contributed by atoms with Gasteiger partial charge in [-0.25, -0.2) is 4.98 Å². The fourth-order valence-electron chi connectivity index (χ4n) is 2.28. The fraction of sp³-hybridized carbons (Fsp3) is 0.188. The van der Waals surface area contributed by atoms with Crippen LogP contribution in [0.4, 0.5) is 5.69 Å². The number of carbonyl (C=O) groups is 1. The lowest BCUT2D eigenvalue weighted by molar-refractivity contribution is -0.116. The highest BCUT2D eigenvalue weighted by molar-refractivity contribution is 7.16. The molecule has 3 rings (SSSR count). The van der Waals surface area contributed by atoms with E-state index in [2.05, 4.69) is 10.3 Å². The first-order chi connectivity index (χ1) is 10.6. The number of aryl methyl sites for hydroxylation is 1. The van der Waals surface area contributed by atoms with Gasteiger partial charge in [0.15, 0.2) is 0 Å². The van der Waals surface area contributed by atoms with E-state index in [-0.39, 0.29) is 17.9 Å². The normalized spacial score (nSPS) is 10.8. The van der Waals surface area contributed by atoms with Gasteiger partial charge in [0.2, 0.25) is 5.91 Å². The second-order valence-corrected chi connectivity index (χ2v) is 5.88. The summed E-state index contributed by atoms with van der Waals surface area (Å²) < 4.78 is 2.69. The van der Waals surface area contributed by atoms with Crippen LogP contribution >= 0.6 is 11.3 Å². The minimum Gasteiger partial charge on any atom is -0.326 e. The Labute approximate surface area is 131 Å². The number of fused-ring (bicyclic) bond motifs is 1. The smallest absolute Gasteiger partial charge is 0.250 e. The van der Waals surface area contributed by atoms with Crippen molar-refractivity contribution in [3.8, 4) is 0 Å². The van der Waals surface area contributed by atoms with Crippen molar-refractivity contribution in [1.82, 2.24) is 9.55 Å². The zero-order chi connectivity index (χ0) is 15.5. The van der Waals surface area contributed by atoms with Gasteiger partial charge in [0.25, 0.3) is 5.56 Å². The van der Waals surface area contributed by atoms with Gasteiger partial charge in [-0.15, -0.1) is 11.3 Å². The van der Waals surface area contributed by atoms with E-state index in [1.165, 1.54) is 6.07 Å².